The Balaban J connectivity index is 1.78. The predicted molar refractivity (Wildman–Crippen MR) is 87.7 cm³/mol. The molecule has 0 aromatic carbocycles. The lowest BCUT2D eigenvalue weighted by atomic mass is 10.0. The van der Waals surface area contributed by atoms with Gasteiger partial charge in [0.2, 0.25) is 0 Å². The molecule has 0 unspecified atom stereocenters. The Kier molecular flexibility index (Phi) is 3.25. The van der Waals surface area contributed by atoms with Crippen molar-refractivity contribution in [1.82, 2.24) is 19.9 Å². The van der Waals surface area contributed by atoms with Crippen LogP contribution in [-0.4, -0.2) is 33.0 Å². The summed E-state index contributed by atoms with van der Waals surface area (Å²) in [5.74, 6) is 1.77. The first kappa shape index (κ1) is 13.2. The van der Waals surface area contributed by atoms with Gasteiger partial charge in [0, 0.05) is 36.7 Å². The molecule has 1 saturated heterocycles. The van der Waals surface area contributed by atoms with E-state index in [0.717, 1.165) is 47.1 Å². The molecule has 0 saturated carbocycles. The molecule has 5 heteroatoms. The van der Waals surface area contributed by atoms with Crippen LogP contribution in [0, 0.1) is 5.92 Å². The zero-order chi connectivity index (χ0) is 14.9. The fourth-order valence-corrected chi connectivity index (χ4v) is 3.25. The highest BCUT2D eigenvalue weighted by Crippen LogP contribution is 2.30. The smallest absolute Gasteiger partial charge is 0.143 e. The molecule has 5 nitrogen and oxygen atoms in total. The number of nitrogens with zero attached hydrogens (tertiary/aromatic N) is 4. The maximum absolute atomic E-state index is 4.55. The molecule has 0 bridgehead atoms. The van der Waals surface area contributed by atoms with E-state index >= 15 is 0 Å². The van der Waals surface area contributed by atoms with E-state index in [1.807, 2.05) is 12.1 Å². The van der Waals surface area contributed by atoms with E-state index in [0.29, 0.717) is 0 Å². The highest BCUT2D eigenvalue weighted by molar-refractivity contribution is 5.91. The highest BCUT2D eigenvalue weighted by atomic mass is 15.2. The number of anilines is 1. The molecule has 3 aromatic heterocycles. The van der Waals surface area contributed by atoms with Crippen LogP contribution in [-0.2, 0) is 0 Å². The van der Waals surface area contributed by atoms with Gasteiger partial charge in [-0.15, -0.1) is 0 Å². The molecule has 112 valence electrons. The monoisotopic (exact) mass is 293 g/mol. The van der Waals surface area contributed by atoms with Crippen molar-refractivity contribution in [1.29, 1.82) is 0 Å². The van der Waals surface area contributed by atoms with Crippen LogP contribution in [0.1, 0.15) is 19.8 Å². The van der Waals surface area contributed by atoms with Gasteiger partial charge < -0.3 is 9.88 Å². The van der Waals surface area contributed by atoms with Gasteiger partial charge in [-0.1, -0.05) is 6.92 Å². The number of nitrogens with one attached hydrogen (secondary N) is 1. The molecule has 4 rings (SSSR count). The summed E-state index contributed by atoms with van der Waals surface area (Å²) < 4.78 is 0. The molecule has 0 aliphatic carbocycles. The van der Waals surface area contributed by atoms with Crippen molar-refractivity contribution in [2.45, 2.75) is 19.8 Å². The summed E-state index contributed by atoms with van der Waals surface area (Å²) in [5.41, 5.74) is 3.07. The number of aromatic nitrogens is 4. The van der Waals surface area contributed by atoms with Crippen molar-refractivity contribution >= 4 is 16.9 Å². The lowest BCUT2D eigenvalue weighted by Crippen LogP contribution is -2.34. The van der Waals surface area contributed by atoms with Gasteiger partial charge in [-0.05, 0) is 37.0 Å². The molecule has 1 atom stereocenters. The molecule has 3 aromatic rings. The number of H-pyrrole nitrogens is 1. The predicted octanol–water partition coefficient (Wildman–Crippen LogP) is 3.26. The number of rotatable bonds is 2. The van der Waals surface area contributed by atoms with Crippen LogP contribution in [0.5, 0.6) is 0 Å². The highest BCUT2D eigenvalue weighted by Gasteiger charge is 2.20. The second kappa shape index (κ2) is 5.40. The SMILES string of the molecule is C[C@@H]1CCCN(c2ncnc3[nH]c(-c4ccncc4)cc23)C1. The second-order valence-corrected chi connectivity index (χ2v) is 6.07. The van der Waals surface area contributed by atoms with Crippen LogP contribution < -0.4 is 4.90 Å². The second-order valence-electron chi connectivity index (χ2n) is 6.07. The fraction of sp³-hybridized carbons (Fsp3) is 0.353. The van der Waals surface area contributed by atoms with E-state index < -0.39 is 0 Å². The molecular formula is C17H19N5. The standard InChI is InChI=1S/C17H19N5/c1-12-3-2-8-22(10-12)17-14-9-15(13-4-6-18-7-5-13)21-16(14)19-11-20-17/h4-7,9,11-12H,2-3,8,10H2,1H3,(H,19,20,21)/t12-/m1/s1. The van der Waals surface area contributed by atoms with Crippen molar-refractivity contribution in [2.75, 3.05) is 18.0 Å². The summed E-state index contributed by atoms with van der Waals surface area (Å²) in [6.45, 7) is 4.46. The van der Waals surface area contributed by atoms with E-state index in [2.05, 4.69) is 37.8 Å². The number of pyridine rings is 1. The number of fused-ring (bicyclic) bond motifs is 1. The largest absolute Gasteiger partial charge is 0.356 e. The summed E-state index contributed by atoms with van der Waals surface area (Å²) in [5, 5.41) is 1.10. The number of hydrogen-bond acceptors (Lipinski definition) is 4. The van der Waals surface area contributed by atoms with E-state index in [4.69, 9.17) is 0 Å². The summed E-state index contributed by atoms with van der Waals surface area (Å²) in [6.07, 6.45) is 7.80. The number of piperidine rings is 1. The van der Waals surface area contributed by atoms with Gasteiger partial charge in [0.25, 0.3) is 0 Å². The first-order valence-corrected chi connectivity index (χ1v) is 7.80. The minimum absolute atomic E-state index is 0.720. The van der Waals surface area contributed by atoms with Gasteiger partial charge in [-0.3, -0.25) is 4.98 Å². The van der Waals surface area contributed by atoms with Crippen LogP contribution in [0.15, 0.2) is 36.9 Å². The van der Waals surface area contributed by atoms with Gasteiger partial charge >= 0.3 is 0 Å². The molecule has 0 radical (unpaired) electrons. The van der Waals surface area contributed by atoms with Crippen LogP contribution in [0.3, 0.4) is 0 Å². The van der Waals surface area contributed by atoms with Crippen molar-refractivity contribution in [2.24, 2.45) is 5.92 Å². The minimum atomic E-state index is 0.720. The van der Waals surface area contributed by atoms with E-state index in [1.54, 1.807) is 18.7 Å². The molecule has 4 heterocycles. The van der Waals surface area contributed by atoms with Gasteiger partial charge in [0.1, 0.15) is 17.8 Å². The Morgan fingerprint density at radius 1 is 1.23 bits per heavy atom. The molecular weight excluding hydrogens is 274 g/mol. The summed E-state index contributed by atoms with van der Waals surface area (Å²) in [6, 6.07) is 6.15. The Morgan fingerprint density at radius 2 is 2.09 bits per heavy atom. The Morgan fingerprint density at radius 3 is 2.91 bits per heavy atom. The zero-order valence-electron chi connectivity index (χ0n) is 12.7. The average molecular weight is 293 g/mol. The third-order valence-electron chi connectivity index (χ3n) is 4.35. The topological polar surface area (TPSA) is 57.7 Å². The Hall–Kier alpha value is -2.43. The number of aromatic amines is 1. The summed E-state index contributed by atoms with van der Waals surface area (Å²) in [7, 11) is 0. The lowest BCUT2D eigenvalue weighted by molar-refractivity contribution is 0.445. The minimum Gasteiger partial charge on any atom is -0.356 e. The van der Waals surface area contributed by atoms with Gasteiger partial charge in [0.05, 0.1) is 5.39 Å². The molecule has 1 fully saturated rings. The quantitative estimate of drug-likeness (QED) is 0.788. The zero-order valence-corrected chi connectivity index (χ0v) is 12.7. The van der Waals surface area contributed by atoms with Gasteiger partial charge in [-0.25, -0.2) is 9.97 Å². The first-order chi connectivity index (χ1) is 10.8. The maximum Gasteiger partial charge on any atom is 0.143 e. The Labute approximate surface area is 129 Å². The third kappa shape index (κ3) is 2.32. The summed E-state index contributed by atoms with van der Waals surface area (Å²) >= 11 is 0. The summed E-state index contributed by atoms with van der Waals surface area (Å²) in [4.78, 5) is 18.8. The average Bonchev–Trinajstić information content (AvgIpc) is 3.00. The van der Waals surface area contributed by atoms with Crippen molar-refractivity contribution in [3.8, 4) is 11.3 Å². The molecule has 22 heavy (non-hydrogen) atoms. The van der Waals surface area contributed by atoms with E-state index in [-0.39, 0.29) is 0 Å². The fourth-order valence-electron chi connectivity index (χ4n) is 3.25. The molecule has 1 N–H and O–H groups in total. The Bertz CT molecular complexity index is 780. The van der Waals surface area contributed by atoms with E-state index in [9.17, 15) is 0 Å². The molecule has 0 amide bonds. The molecule has 1 aliphatic heterocycles. The van der Waals surface area contributed by atoms with Crippen molar-refractivity contribution in [3.05, 3.63) is 36.9 Å². The molecule has 1 aliphatic rings. The van der Waals surface area contributed by atoms with Crippen LogP contribution in [0.25, 0.3) is 22.3 Å². The van der Waals surface area contributed by atoms with Crippen molar-refractivity contribution in [3.63, 3.8) is 0 Å². The third-order valence-corrected chi connectivity index (χ3v) is 4.35. The van der Waals surface area contributed by atoms with Crippen LogP contribution in [0.4, 0.5) is 5.82 Å². The maximum atomic E-state index is 4.55. The number of hydrogen-bond donors (Lipinski definition) is 1. The van der Waals surface area contributed by atoms with Gasteiger partial charge in [-0.2, -0.15) is 0 Å². The van der Waals surface area contributed by atoms with E-state index in [1.165, 1.54) is 12.8 Å². The molecule has 0 spiro atoms. The lowest BCUT2D eigenvalue weighted by Gasteiger charge is -2.32. The van der Waals surface area contributed by atoms with Crippen LogP contribution in [0.2, 0.25) is 0 Å². The first-order valence-electron chi connectivity index (χ1n) is 7.80. The van der Waals surface area contributed by atoms with Crippen molar-refractivity contribution < 1.29 is 0 Å². The normalized spacial score (nSPS) is 18.8. The van der Waals surface area contributed by atoms with Crippen LogP contribution >= 0.6 is 0 Å². The van der Waals surface area contributed by atoms with Gasteiger partial charge in [0.15, 0.2) is 0 Å².